The van der Waals surface area contributed by atoms with Gasteiger partial charge in [0.2, 0.25) is 0 Å². The molecule has 0 fully saturated rings. The molecule has 1 aromatic heterocycles. The van der Waals surface area contributed by atoms with Crippen molar-refractivity contribution in [3.63, 3.8) is 0 Å². The highest BCUT2D eigenvalue weighted by Gasteiger charge is 2.07. The van der Waals surface area contributed by atoms with Crippen LogP contribution < -0.4 is 10.2 Å². The standard InChI is InChI=1S/C21H20N4O4/c1-15-5-6-16(2)20(12-15)29-14-21(26)23-22-13-19-4-3-11-24(19)17-7-9-18(10-8-17)25(27)28/h3-13H,14H2,1-2H3,(H,23,26)/b22-13+. The lowest BCUT2D eigenvalue weighted by molar-refractivity contribution is -0.384. The number of aryl methyl sites for hydroxylation is 2. The SMILES string of the molecule is Cc1ccc(C)c(OCC(=O)N/N=C/c2cccn2-c2ccc([N+](=O)[O-])cc2)c1. The second-order valence-electron chi connectivity index (χ2n) is 6.43. The molecule has 0 saturated carbocycles. The number of nitrogens with one attached hydrogen (secondary N) is 1. The Morgan fingerprint density at radius 2 is 1.97 bits per heavy atom. The minimum Gasteiger partial charge on any atom is -0.483 e. The van der Waals surface area contributed by atoms with Gasteiger partial charge >= 0.3 is 0 Å². The van der Waals surface area contributed by atoms with Crippen LogP contribution in [-0.2, 0) is 4.79 Å². The fourth-order valence-electron chi connectivity index (χ4n) is 2.68. The molecular formula is C21H20N4O4. The van der Waals surface area contributed by atoms with Gasteiger partial charge in [-0.25, -0.2) is 5.43 Å². The van der Waals surface area contributed by atoms with Crippen molar-refractivity contribution in [1.29, 1.82) is 0 Å². The van der Waals surface area contributed by atoms with E-state index in [1.165, 1.54) is 18.3 Å². The lowest BCUT2D eigenvalue weighted by Gasteiger charge is -2.09. The van der Waals surface area contributed by atoms with Crippen LogP contribution in [0.15, 0.2) is 65.9 Å². The molecule has 0 bridgehead atoms. The average molecular weight is 392 g/mol. The topological polar surface area (TPSA) is 98.8 Å². The van der Waals surface area contributed by atoms with E-state index in [0.717, 1.165) is 16.8 Å². The molecular weight excluding hydrogens is 372 g/mol. The molecule has 0 aliphatic rings. The highest BCUT2D eigenvalue weighted by molar-refractivity contribution is 5.82. The number of benzene rings is 2. The van der Waals surface area contributed by atoms with Gasteiger partial charge in [-0.3, -0.25) is 14.9 Å². The van der Waals surface area contributed by atoms with Gasteiger partial charge in [-0.05, 0) is 55.3 Å². The molecule has 0 saturated heterocycles. The van der Waals surface area contributed by atoms with Crippen LogP contribution in [-0.4, -0.2) is 28.2 Å². The van der Waals surface area contributed by atoms with Crippen molar-refractivity contribution in [2.75, 3.05) is 6.61 Å². The predicted molar refractivity (Wildman–Crippen MR) is 110 cm³/mol. The zero-order chi connectivity index (χ0) is 20.8. The third-order valence-corrected chi connectivity index (χ3v) is 4.21. The molecule has 0 aliphatic carbocycles. The second kappa shape index (κ2) is 8.83. The lowest BCUT2D eigenvalue weighted by atomic mass is 10.1. The van der Waals surface area contributed by atoms with Crippen molar-refractivity contribution in [2.24, 2.45) is 5.10 Å². The maximum atomic E-state index is 12.0. The van der Waals surface area contributed by atoms with Gasteiger partial charge in [0, 0.05) is 24.0 Å². The number of hydrazone groups is 1. The Morgan fingerprint density at radius 1 is 1.21 bits per heavy atom. The molecule has 0 spiro atoms. The van der Waals surface area contributed by atoms with Crippen molar-refractivity contribution < 1.29 is 14.5 Å². The molecule has 0 aliphatic heterocycles. The number of non-ortho nitro benzene ring substituents is 1. The van der Waals surface area contributed by atoms with Crippen LogP contribution in [0.5, 0.6) is 5.75 Å². The first kappa shape index (κ1) is 19.8. The van der Waals surface area contributed by atoms with E-state index in [1.807, 2.05) is 44.2 Å². The summed E-state index contributed by atoms with van der Waals surface area (Å²) in [4.78, 5) is 22.3. The van der Waals surface area contributed by atoms with Gasteiger partial charge in [0.1, 0.15) is 5.75 Å². The second-order valence-corrected chi connectivity index (χ2v) is 6.43. The first-order chi connectivity index (χ1) is 13.9. The largest absolute Gasteiger partial charge is 0.483 e. The molecule has 1 N–H and O–H groups in total. The highest BCUT2D eigenvalue weighted by Crippen LogP contribution is 2.19. The number of nitro groups is 1. The van der Waals surface area contributed by atoms with E-state index in [1.54, 1.807) is 22.9 Å². The van der Waals surface area contributed by atoms with Crippen LogP contribution >= 0.6 is 0 Å². The number of nitro benzene ring substituents is 1. The van der Waals surface area contributed by atoms with E-state index in [9.17, 15) is 14.9 Å². The van der Waals surface area contributed by atoms with Crippen LogP contribution in [0.2, 0.25) is 0 Å². The van der Waals surface area contributed by atoms with Gasteiger partial charge in [-0.15, -0.1) is 0 Å². The zero-order valence-electron chi connectivity index (χ0n) is 16.0. The summed E-state index contributed by atoms with van der Waals surface area (Å²) in [6, 6.07) is 15.6. The Bertz CT molecular complexity index is 1050. The quantitative estimate of drug-likeness (QED) is 0.378. The van der Waals surface area contributed by atoms with Crippen molar-refractivity contribution in [3.05, 3.63) is 87.7 Å². The van der Waals surface area contributed by atoms with Crippen molar-refractivity contribution in [3.8, 4) is 11.4 Å². The molecule has 0 radical (unpaired) electrons. The fourth-order valence-corrected chi connectivity index (χ4v) is 2.68. The molecule has 148 valence electrons. The van der Waals surface area contributed by atoms with Crippen LogP contribution in [0, 0.1) is 24.0 Å². The minimum atomic E-state index is -0.447. The van der Waals surface area contributed by atoms with E-state index >= 15 is 0 Å². The number of carbonyl (C=O) groups is 1. The smallest absolute Gasteiger partial charge is 0.277 e. The summed E-state index contributed by atoms with van der Waals surface area (Å²) in [5.41, 5.74) is 5.90. The summed E-state index contributed by atoms with van der Waals surface area (Å²) in [7, 11) is 0. The predicted octanol–water partition coefficient (Wildman–Crippen LogP) is 3.53. The molecule has 1 amide bonds. The van der Waals surface area contributed by atoms with Gasteiger partial charge < -0.3 is 9.30 Å². The Balaban J connectivity index is 1.59. The summed E-state index contributed by atoms with van der Waals surface area (Å²) in [5.74, 6) is 0.284. The minimum absolute atomic E-state index is 0.0206. The van der Waals surface area contributed by atoms with Crippen molar-refractivity contribution >= 4 is 17.8 Å². The maximum absolute atomic E-state index is 12.0. The summed E-state index contributed by atoms with van der Waals surface area (Å²) < 4.78 is 7.34. The van der Waals surface area contributed by atoms with Crippen LogP contribution in [0.3, 0.4) is 0 Å². The number of carbonyl (C=O) groups excluding carboxylic acids is 1. The van der Waals surface area contributed by atoms with Crippen LogP contribution in [0.25, 0.3) is 5.69 Å². The number of hydrogen-bond donors (Lipinski definition) is 1. The van der Waals surface area contributed by atoms with E-state index < -0.39 is 4.92 Å². The fraction of sp³-hybridized carbons (Fsp3) is 0.143. The highest BCUT2D eigenvalue weighted by atomic mass is 16.6. The van der Waals surface area contributed by atoms with E-state index in [0.29, 0.717) is 11.4 Å². The Morgan fingerprint density at radius 3 is 2.69 bits per heavy atom. The summed E-state index contributed by atoms with van der Waals surface area (Å²) >= 11 is 0. The number of rotatable bonds is 7. The molecule has 8 heteroatoms. The molecule has 3 rings (SSSR count). The number of ether oxygens (including phenoxy) is 1. The number of aromatic nitrogens is 1. The van der Waals surface area contributed by atoms with E-state index in [-0.39, 0.29) is 18.2 Å². The van der Waals surface area contributed by atoms with Crippen molar-refractivity contribution in [2.45, 2.75) is 13.8 Å². The zero-order valence-corrected chi connectivity index (χ0v) is 16.0. The van der Waals surface area contributed by atoms with Gasteiger partial charge in [-0.1, -0.05) is 12.1 Å². The van der Waals surface area contributed by atoms with E-state index in [4.69, 9.17) is 4.74 Å². The number of nitrogens with zero attached hydrogens (tertiary/aromatic N) is 3. The third kappa shape index (κ3) is 5.07. The number of amides is 1. The molecule has 2 aromatic carbocycles. The first-order valence-electron chi connectivity index (χ1n) is 8.88. The molecule has 8 nitrogen and oxygen atoms in total. The molecule has 29 heavy (non-hydrogen) atoms. The molecule has 0 atom stereocenters. The Hall–Kier alpha value is -3.94. The normalized spacial score (nSPS) is 10.8. The molecule has 1 heterocycles. The summed E-state index contributed by atoms with van der Waals surface area (Å²) in [6.07, 6.45) is 3.30. The monoisotopic (exact) mass is 392 g/mol. The lowest BCUT2D eigenvalue weighted by Crippen LogP contribution is -2.24. The van der Waals surface area contributed by atoms with Gasteiger partial charge in [0.05, 0.1) is 16.8 Å². The third-order valence-electron chi connectivity index (χ3n) is 4.21. The summed E-state index contributed by atoms with van der Waals surface area (Å²) in [5, 5.41) is 14.7. The number of hydrogen-bond acceptors (Lipinski definition) is 5. The maximum Gasteiger partial charge on any atom is 0.277 e. The summed E-state index contributed by atoms with van der Waals surface area (Å²) in [6.45, 7) is 3.72. The Labute approximate surface area is 167 Å². The van der Waals surface area contributed by atoms with Crippen LogP contribution in [0.1, 0.15) is 16.8 Å². The molecule has 0 unspecified atom stereocenters. The average Bonchev–Trinajstić information content (AvgIpc) is 3.17. The van der Waals surface area contributed by atoms with Crippen LogP contribution in [0.4, 0.5) is 5.69 Å². The Kier molecular flexibility index (Phi) is 6.03. The van der Waals surface area contributed by atoms with Gasteiger partial charge in [0.15, 0.2) is 6.61 Å². The van der Waals surface area contributed by atoms with Gasteiger partial charge in [-0.2, -0.15) is 5.10 Å². The van der Waals surface area contributed by atoms with Crippen molar-refractivity contribution in [1.82, 2.24) is 9.99 Å². The first-order valence-corrected chi connectivity index (χ1v) is 8.88. The van der Waals surface area contributed by atoms with Gasteiger partial charge in [0.25, 0.3) is 11.6 Å². The van der Waals surface area contributed by atoms with E-state index in [2.05, 4.69) is 10.5 Å². The molecule has 3 aromatic rings.